The molecular formula is C19H22N4O4. The van der Waals surface area contributed by atoms with Gasteiger partial charge < -0.3 is 19.5 Å². The van der Waals surface area contributed by atoms with Gasteiger partial charge in [0.1, 0.15) is 0 Å². The van der Waals surface area contributed by atoms with E-state index in [1.54, 1.807) is 28.0 Å². The highest BCUT2D eigenvalue weighted by Gasteiger charge is 2.27. The molecule has 0 bridgehead atoms. The maximum atomic E-state index is 12.7. The van der Waals surface area contributed by atoms with Crippen molar-refractivity contribution in [3.8, 4) is 0 Å². The zero-order chi connectivity index (χ0) is 19.2. The summed E-state index contributed by atoms with van der Waals surface area (Å²) >= 11 is 0. The third-order valence-corrected chi connectivity index (χ3v) is 4.37. The molecule has 1 aliphatic rings. The number of carbonyl (C=O) groups excluding carboxylic acids is 3. The molecule has 0 aromatic carbocycles. The normalized spacial score (nSPS) is 14.1. The molecule has 0 spiro atoms. The van der Waals surface area contributed by atoms with Crippen molar-refractivity contribution in [3.05, 3.63) is 53.7 Å². The van der Waals surface area contributed by atoms with Crippen LogP contribution in [-0.4, -0.2) is 65.2 Å². The third-order valence-electron chi connectivity index (χ3n) is 4.37. The summed E-state index contributed by atoms with van der Waals surface area (Å²) in [4.78, 5) is 44.4. The van der Waals surface area contributed by atoms with Crippen LogP contribution in [0.5, 0.6) is 0 Å². The van der Waals surface area contributed by atoms with Gasteiger partial charge in [-0.05, 0) is 24.6 Å². The molecule has 27 heavy (non-hydrogen) atoms. The number of nitrogens with zero attached hydrogens (tertiary/aromatic N) is 3. The highest BCUT2D eigenvalue weighted by Crippen LogP contribution is 2.13. The van der Waals surface area contributed by atoms with Crippen LogP contribution in [0.1, 0.15) is 44.6 Å². The van der Waals surface area contributed by atoms with Crippen LogP contribution in [0.4, 0.5) is 0 Å². The Balaban J connectivity index is 1.61. The topological polar surface area (TPSA) is 95.8 Å². The molecule has 8 heteroatoms. The lowest BCUT2D eigenvalue weighted by Gasteiger charge is -2.34. The van der Waals surface area contributed by atoms with E-state index in [2.05, 4.69) is 10.3 Å². The van der Waals surface area contributed by atoms with E-state index in [-0.39, 0.29) is 17.7 Å². The lowest BCUT2D eigenvalue weighted by Crippen LogP contribution is -2.50. The second-order valence-electron chi connectivity index (χ2n) is 6.28. The molecule has 1 N–H and O–H groups in total. The highest BCUT2D eigenvalue weighted by atomic mass is 16.3. The predicted molar refractivity (Wildman–Crippen MR) is 97.4 cm³/mol. The Hall–Kier alpha value is -3.16. The number of hydrogen-bond donors (Lipinski definition) is 1. The summed E-state index contributed by atoms with van der Waals surface area (Å²) in [5.74, 6) is -0.321. The average molecular weight is 370 g/mol. The van der Waals surface area contributed by atoms with Gasteiger partial charge in [0.05, 0.1) is 17.4 Å². The van der Waals surface area contributed by atoms with Gasteiger partial charge in [-0.25, -0.2) is 0 Å². The third kappa shape index (κ3) is 4.33. The molecule has 8 nitrogen and oxygen atoms in total. The Bertz CT molecular complexity index is 811. The Morgan fingerprint density at radius 2 is 1.74 bits per heavy atom. The number of nitrogens with one attached hydrogen (secondary N) is 1. The lowest BCUT2D eigenvalue weighted by molar-refractivity contribution is 0.0518. The van der Waals surface area contributed by atoms with Crippen LogP contribution in [0.2, 0.25) is 0 Å². The van der Waals surface area contributed by atoms with E-state index in [1.165, 1.54) is 18.7 Å². The second-order valence-corrected chi connectivity index (χ2v) is 6.28. The van der Waals surface area contributed by atoms with Crippen molar-refractivity contribution < 1.29 is 18.8 Å². The van der Waals surface area contributed by atoms with Gasteiger partial charge in [0.25, 0.3) is 17.7 Å². The molecule has 1 saturated heterocycles. The van der Waals surface area contributed by atoms with E-state index >= 15 is 0 Å². The van der Waals surface area contributed by atoms with Crippen LogP contribution in [0.3, 0.4) is 0 Å². The Morgan fingerprint density at radius 1 is 1.07 bits per heavy atom. The van der Waals surface area contributed by atoms with Crippen LogP contribution < -0.4 is 5.32 Å². The molecule has 0 unspecified atom stereocenters. The van der Waals surface area contributed by atoms with E-state index in [0.717, 1.165) is 6.42 Å². The standard InChI is InChI=1S/C19H22N4O4/c1-2-5-21-17(24)14-11-15(13-20-12-14)18(25)22-6-8-23(9-7-22)19(26)16-4-3-10-27-16/h3-4,10-13H,2,5-9H2,1H3,(H,21,24). The minimum absolute atomic E-state index is 0.177. The molecule has 3 rings (SSSR count). The van der Waals surface area contributed by atoms with Crippen molar-refractivity contribution in [2.24, 2.45) is 0 Å². The minimum atomic E-state index is -0.243. The number of hydrogen-bond acceptors (Lipinski definition) is 5. The molecular weight excluding hydrogens is 348 g/mol. The molecule has 1 aliphatic heterocycles. The summed E-state index contributed by atoms with van der Waals surface area (Å²) in [5, 5.41) is 2.77. The van der Waals surface area contributed by atoms with Crippen molar-refractivity contribution in [3.63, 3.8) is 0 Å². The van der Waals surface area contributed by atoms with Crippen LogP contribution in [0.25, 0.3) is 0 Å². The number of carbonyl (C=O) groups is 3. The molecule has 0 aliphatic carbocycles. The monoisotopic (exact) mass is 370 g/mol. The fourth-order valence-corrected chi connectivity index (χ4v) is 2.87. The fourth-order valence-electron chi connectivity index (χ4n) is 2.87. The first-order valence-electron chi connectivity index (χ1n) is 8.95. The van der Waals surface area contributed by atoms with Gasteiger partial charge in [-0.15, -0.1) is 0 Å². The smallest absolute Gasteiger partial charge is 0.289 e. The Morgan fingerprint density at radius 3 is 2.37 bits per heavy atom. The SMILES string of the molecule is CCCNC(=O)c1cncc(C(=O)N2CCN(C(=O)c3ccco3)CC2)c1. The summed E-state index contributed by atoms with van der Waals surface area (Å²) in [6.45, 7) is 4.22. The molecule has 1 fully saturated rings. The van der Waals surface area contributed by atoms with Crippen molar-refractivity contribution in [1.29, 1.82) is 0 Å². The first-order valence-corrected chi connectivity index (χ1v) is 8.95. The molecule has 2 aromatic heterocycles. The van der Waals surface area contributed by atoms with Crippen LogP contribution >= 0.6 is 0 Å². The first kappa shape index (κ1) is 18.6. The fraction of sp³-hybridized carbons (Fsp3) is 0.368. The maximum Gasteiger partial charge on any atom is 0.289 e. The summed E-state index contributed by atoms with van der Waals surface area (Å²) in [6, 6.07) is 4.85. The van der Waals surface area contributed by atoms with E-state index in [1.807, 2.05) is 6.92 Å². The molecule has 0 atom stereocenters. The molecule has 2 aromatic rings. The summed E-state index contributed by atoms with van der Waals surface area (Å²) < 4.78 is 5.14. The summed E-state index contributed by atoms with van der Waals surface area (Å²) in [5.41, 5.74) is 0.728. The largest absolute Gasteiger partial charge is 0.459 e. The molecule has 0 saturated carbocycles. The van der Waals surface area contributed by atoms with Crippen LogP contribution in [0, 0.1) is 0 Å². The number of aromatic nitrogens is 1. The van der Waals surface area contributed by atoms with E-state index in [0.29, 0.717) is 49.6 Å². The molecule has 142 valence electrons. The zero-order valence-electron chi connectivity index (χ0n) is 15.2. The minimum Gasteiger partial charge on any atom is -0.459 e. The average Bonchev–Trinajstić information content (AvgIpc) is 3.26. The van der Waals surface area contributed by atoms with Gasteiger partial charge in [-0.3, -0.25) is 19.4 Å². The van der Waals surface area contributed by atoms with Crippen LogP contribution in [0.15, 0.2) is 41.3 Å². The highest BCUT2D eigenvalue weighted by molar-refractivity contribution is 5.99. The molecule has 3 heterocycles. The first-order chi connectivity index (χ1) is 13.1. The lowest BCUT2D eigenvalue weighted by atomic mass is 10.1. The van der Waals surface area contributed by atoms with Gasteiger partial charge in [0.2, 0.25) is 0 Å². The van der Waals surface area contributed by atoms with Crippen molar-refractivity contribution in [2.75, 3.05) is 32.7 Å². The second kappa shape index (κ2) is 8.48. The van der Waals surface area contributed by atoms with E-state index in [9.17, 15) is 14.4 Å². The number of rotatable bonds is 5. The quantitative estimate of drug-likeness (QED) is 0.859. The van der Waals surface area contributed by atoms with Gasteiger partial charge in [0, 0.05) is 45.1 Å². The predicted octanol–water partition coefficient (Wildman–Crippen LogP) is 1.41. The maximum absolute atomic E-state index is 12.7. The van der Waals surface area contributed by atoms with Crippen molar-refractivity contribution in [1.82, 2.24) is 20.1 Å². The van der Waals surface area contributed by atoms with Gasteiger partial charge in [-0.1, -0.05) is 6.92 Å². The van der Waals surface area contributed by atoms with Gasteiger partial charge in [0.15, 0.2) is 5.76 Å². The summed E-state index contributed by atoms with van der Waals surface area (Å²) in [7, 11) is 0. The van der Waals surface area contributed by atoms with Crippen molar-refractivity contribution in [2.45, 2.75) is 13.3 Å². The molecule has 0 radical (unpaired) electrons. The van der Waals surface area contributed by atoms with Gasteiger partial charge >= 0.3 is 0 Å². The zero-order valence-corrected chi connectivity index (χ0v) is 15.2. The van der Waals surface area contributed by atoms with E-state index in [4.69, 9.17) is 4.42 Å². The Labute approximate surface area is 157 Å². The Kier molecular flexibility index (Phi) is 5.85. The van der Waals surface area contributed by atoms with Gasteiger partial charge in [-0.2, -0.15) is 0 Å². The van der Waals surface area contributed by atoms with Crippen molar-refractivity contribution >= 4 is 17.7 Å². The van der Waals surface area contributed by atoms with E-state index < -0.39 is 0 Å². The number of amides is 3. The number of piperazine rings is 1. The van der Waals surface area contributed by atoms with Crippen LogP contribution in [-0.2, 0) is 0 Å². The summed E-state index contributed by atoms with van der Waals surface area (Å²) in [6.07, 6.45) is 5.20. The molecule has 3 amide bonds. The number of pyridine rings is 1. The number of furan rings is 1.